The molecule has 3 aliphatic heterocycles. The van der Waals surface area contributed by atoms with Crippen LogP contribution in [0.1, 0.15) is 23.4 Å². The third-order valence-corrected chi connectivity index (χ3v) is 7.31. The third kappa shape index (κ3) is 3.68. The van der Waals surface area contributed by atoms with Gasteiger partial charge in [-0.05, 0) is 30.7 Å². The van der Waals surface area contributed by atoms with E-state index < -0.39 is 41.1 Å². The van der Waals surface area contributed by atoms with Crippen molar-refractivity contribution in [2.45, 2.75) is 17.8 Å². The molecule has 3 aliphatic rings. The molecule has 2 aromatic carbocycles. The van der Waals surface area contributed by atoms with Gasteiger partial charge < -0.3 is 19.7 Å². The molecule has 172 valence electrons. The average molecular weight is 472 g/mol. The van der Waals surface area contributed by atoms with Gasteiger partial charge in [0.05, 0.1) is 0 Å². The number of ether oxygens (including phenoxy) is 2. The normalized spacial score (nSPS) is 24.2. The molecule has 10 heteroatoms. The zero-order chi connectivity index (χ0) is 23.2. The quantitative estimate of drug-likeness (QED) is 0.690. The Morgan fingerprint density at radius 3 is 2.73 bits per heavy atom. The van der Waals surface area contributed by atoms with Gasteiger partial charge in [-0.1, -0.05) is 24.3 Å². The molecule has 2 fully saturated rings. The van der Waals surface area contributed by atoms with Gasteiger partial charge in [-0.3, -0.25) is 14.5 Å². The van der Waals surface area contributed by atoms with Crippen LogP contribution in [0.25, 0.3) is 0 Å². The lowest BCUT2D eigenvalue weighted by molar-refractivity contribution is -0.139. The number of imide groups is 1. The molecule has 0 saturated carbocycles. The van der Waals surface area contributed by atoms with Crippen molar-refractivity contribution in [3.63, 3.8) is 0 Å². The van der Waals surface area contributed by atoms with Gasteiger partial charge in [0.25, 0.3) is 5.91 Å². The topological polar surface area (TPSA) is 88.2 Å². The minimum Gasteiger partial charge on any atom is -0.486 e. The summed E-state index contributed by atoms with van der Waals surface area (Å²) >= 11 is 1.45. The number of urea groups is 1. The van der Waals surface area contributed by atoms with Crippen molar-refractivity contribution in [1.29, 1.82) is 0 Å². The van der Waals surface area contributed by atoms with Gasteiger partial charge in [-0.25, -0.2) is 9.18 Å². The maximum atomic E-state index is 14.3. The Hall–Kier alpha value is -3.27. The van der Waals surface area contributed by atoms with E-state index in [0.29, 0.717) is 48.1 Å². The number of halogens is 1. The number of carbonyl (C=O) groups excluding carboxylic acids is 3. The van der Waals surface area contributed by atoms with Gasteiger partial charge in [0.1, 0.15) is 36.5 Å². The summed E-state index contributed by atoms with van der Waals surface area (Å²) in [5, 5.41) is 2.21. The Labute approximate surface area is 194 Å². The van der Waals surface area contributed by atoms with Crippen molar-refractivity contribution < 1.29 is 28.2 Å². The van der Waals surface area contributed by atoms with Crippen molar-refractivity contribution in [1.82, 2.24) is 15.1 Å². The van der Waals surface area contributed by atoms with Crippen LogP contribution in [0.2, 0.25) is 0 Å². The Balaban J connectivity index is 1.35. The Morgan fingerprint density at radius 1 is 1.18 bits per heavy atom. The number of rotatable bonds is 4. The van der Waals surface area contributed by atoms with Crippen molar-refractivity contribution >= 4 is 29.6 Å². The number of fused-ring (bicyclic) bond motifs is 1. The predicted octanol–water partition coefficient (Wildman–Crippen LogP) is 2.64. The van der Waals surface area contributed by atoms with Crippen molar-refractivity contribution in [3.05, 3.63) is 59.4 Å². The van der Waals surface area contributed by atoms with Gasteiger partial charge in [-0.15, -0.1) is 11.8 Å². The lowest BCUT2D eigenvalue weighted by atomic mass is 9.91. The van der Waals surface area contributed by atoms with Gasteiger partial charge in [0, 0.05) is 17.9 Å². The summed E-state index contributed by atoms with van der Waals surface area (Å²) in [5.41, 5.74) is -0.412. The largest absolute Gasteiger partial charge is 0.486 e. The lowest BCUT2D eigenvalue weighted by Crippen LogP contribution is -2.44. The second kappa shape index (κ2) is 8.26. The molecule has 2 aromatic rings. The summed E-state index contributed by atoms with van der Waals surface area (Å²) in [6, 6.07) is 10.7. The highest BCUT2D eigenvalue weighted by atomic mass is 32.2. The lowest BCUT2D eigenvalue weighted by Gasteiger charge is -2.27. The summed E-state index contributed by atoms with van der Waals surface area (Å²) in [5.74, 6) is 0.368. The van der Waals surface area contributed by atoms with E-state index >= 15 is 0 Å². The number of nitrogens with zero attached hydrogens (tertiary/aromatic N) is 2. The highest BCUT2D eigenvalue weighted by Gasteiger charge is 2.50. The van der Waals surface area contributed by atoms with E-state index in [1.165, 1.54) is 22.7 Å². The molecule has 2 atom stereocenters. The molecule has 0 bridgehead atoms. The molecular formula is C23H22FN3O5S. The molecule has 0 unspecified atom stereocenters. The van der Waals surface area contributed by atoms with Crippen LogP contribution in [-0.2, 0) is 15.1 Å². The van der Waals surface area contributed by atoms with Crippen molar-refractivity contribution in [3.8, 4) is 11.5 Å². The molecule has 33 heavy (non-hydrogen) atoms. The number of nitrogens with one attached hydrogen (secondary N) is 1. The van der Waals surface area contributed by atoms with E-state index in [1.807, 2.05) is 0 Å². The van der Waals surface area contributed by atoms with Crippen LogP contribution in [0.4, 0.5) is 9.18 Å². The van der Waals surface area contributed by atoms with Crippen LogP contribution >= 0.6 is 11.8 Å². The first-order chi connectivity index (χ1) is 15.9. The number of amides is 4. The summed E-state index contributed by atoms with van der Waals surface area (Å²) in [7, 11) is 0. The third-order valence-electron chi connectivity index (χ3n) is 6.07. The highest BCUT2D eigenvalue weighted by molar-refractivity contribution is 7.99. The summed E-state index contributed by atoms with van der Waals surface area (Å²) < 4.78 is 25.4. The summed E-state index contributed by atoms with van der Waals surface area (Å²) in [4.78, 5) is 41.6. The molecule has 4 amide bonds. The average Bonchev–Trinajstić information content (AvgIpc) is 3.39. The Bertz CT molecular complexity index is 1140. The fourth-order valence-electron chi connectivity index (χ4n) is 4.28. The minimum absolute atomic E-state index is 0.393. The standard InChI is InChI=1S/C23H22FN3O5S/c1-23(14-6-7-17-18(12-14)32-10-9-31-17)21(29)27(22(30)25-23)13-19(28)26-8-11-33-20(26)15-4-2-3-5-16(15)24/h2-7,12,20H,8-11,13H2,1H3,(H,25,30)/t20-,23+/m1/s1. The van der Waals surface area contributed by atoms with E-state index in [4.69, 9.17) is 9.47 Å². The van der Waals surface area contributed by atoms with Gasteiger partial charge >= 0.3 is 6.03 Å². The van der Waals surface area contributed by atoms with Crippen LogP contribution in [-0.4, -0.2) is 59.7 Å². The second-order valence-electron chi connectivity index (χ2n) is 8.14. The first kappa shape index (κ1) is 21.6. The number of benzene rings is 2. The van der Waals surface area contributed by atoms with E-state index in [-0.39, 0.29) is 0 Å². The molecular weight excluding hydrogens is 449 g/mol. The molecule has 0 aromatic heterocycles. The molecule has 5 rings (SSSR count). The van der Waals surface area contributed by atoms with Crippen LogP contribution < -0.4 is 14.8 Å². The predicted molar refractivity (Wildman–Crippen MR) is 118 cm³/mol. The van der Waals surface area contributed by atoms with E-state index in [0.717, 1.165) is 4.90 Å². The molecule has 0 aliphatic carbocycles. The SMILES string of the molecule is C[C@@]1(c2ccc3c(c2)OCCO3)NC(=O)N(CC(=O)N2CCS[C@@H]2c2ccccc2F)C1=O. The van der Waals surface area contributed by atoms with Crippen molar-refractivity contribution in [2.75, 3.05) is 32.1 Å². The Morgan fingerprint density at radius 2 is 1.94 bits per heavy atom. The van der Waals surface area contributed by atoms with Gasteiger partial charge in [0.2, 0.25) is 5.91 Å². The van der Waals surface area contributed by atoms with Crippen LogP contribution in [0.3, 0.4) is 0 Å². The van der Waals surface area contributed by atoms with Crippen LogP contribution in [0.5, 0.6) is 11.5 Å². The minimum atomic E-state index is -1.35. The first-order valence-corrected chi connectivity index (χ1v) is 11.6. The van der Waals surface area contributed by atoms with E-state index in [2.05, 4.69) is 5.32 Å². The van der Waals surface area contributed by atoms with E-state index in [9.17, 15) is 18.8 Å². The fourth-order valence-corrected chi connectivity index (χ4v) is 5.57. The molecule has 3 heterocycles. The molecule has 2 saturated heterocycles. The molecule has 0 radical (unpaired) electrons. The van der Waals surface area contributed by atoms with E-state index in [1.54, 1.807) is 43.3 Å². The zero-order valence-electron chi connectivity index (χ0n) is 17.9. The number of carbonyl (C=O) groups is 3. The van der Waals surface area contributed by atoms with Crippen LogP contribution in [0.15, 0.2) is 42.5 Å². The monoisotopic (exact) mass is 471 g/mol. The fraction of sp³-hybridized carbons (Fsp3) is 0.348. The molecule has 8 nitrogen and oxygen atoms in total. The number of thioether (sulfide) groups is 1. The van der Waals surface area contributed by atoms with Gasteiger partial charge in [-0.2, -0.15) is 0 Å². The summed E-state index contributed by atoms with van der Waals surface area (Å²) in [6.45, 7) is 2.42. The number of hydrogen-bond donors (Lipinski definition) is 1. The maximum absolute atomic E-state index is 14.3. The Kier molecular flexibility index (Phi) is 5.40. The molecule has 1 N–H and O–H groups in total. The summed E-state index contributed by atoms with van der Waals surface area (Å²) in [6.07, 6.45) is 0. The van der Waals surface area contributed by atoms with Gasteiger partial charge in [0.15, 0.2) is 11.5 Å². The maximum Gasteiger partial charge on any atom is 0.325 e. The second-order valence-corrected chi connectivity index (χ2v) is 9.32. The number of hydrogen-bond acceptors (Lipinski definition) is 6. The smallest absolute Gasteiger partial charge is 0.325 e. The molecule has 0 spiro atoms. The highest BCUT2D eigenvalue weighted by Crippen LogP contribution is 2.40. The zero-order valence-corrected chi connectivity index (χ0v) is 18.7. The van der Waals surface area contributed by atoms with Crippen molar-refractivity contribution in [2.24, 2.45) is 0 Å². The first-order valence-electron chi connectivity index (χ1n) is 10.6. The van der Waals surface area contributed by atoms with Crippen LogP contribution in [0, 0.1) is 5.82 Å².